The van der Waals surface area contributed by atoms with Crippen LogP contribution in [-0.4, -0.2) is 46.8 Å². The largest absolute Gasteiger partial charge is 0.375 e. The van der Waals surface area contributed by atoms with Crippen LogP contribution < -0.4 is 5.73 Å². The molecule has 1 fully saturated rings. The molecule has 0 radical (unpaired) electrons. The summed E-state index contributed by atoms with van der Waals surface area (Å²) >= 11 is 1.47. The number of aryl methyl sites for hydroxylation is 2. The van der Waals surface area contributed by atoms with Gasteiger partial charge >= 0.3 is 0 Å². The Kier molecular flexibility index (Phi) is 4.47. The van der Waals surface area contributed by atoms with Crippen molar-refractivity contribution in [2.24, 2.45) is 0 Å². The number of ether oxygens (including phenoxy) is 1. The molecule has 7 nitrogen and oxygen atoms in total. The van der Waals surface area contributed by atoms with Crippen LogP contribution in [-0.2, 0) is 17.6 Å². The van der Waals surface area contributed by atoms with Gasteiger partial charge in [-0.25, -0.2) is 4.98 Å². The SMILES string of the molecule is CN1CCOC(c2noc(CCCc3csc(N)n3)n2)C1. The van der Waals surface area contributed by atoms with E-state index in [2.05, 4.69) is 27.1 Å². The molecule has 0 spiro atoms. The van der Waals surface area contributed by atoms with Gasteiger partial charge in [0.05, 0.1) is 12.3 Å². The van der Waals surface area contributed by atoms with Crippen molar-refractivity contribution >= 4 is 16.5 Å². The van der Waals surface area contributed by atoms with Crippen LogP contribution in [0.3, 0.4) is 0 Å². The zero-order chi connectivity index (χ0) is 14.7. The molecule has 3 heterocycles. The van der Waals surface area contributed by atoms with E-state index < -0.39 is 0 Å². The summed E-state index contributed by atoms with van der Waals surface area (Å²) in [4.78, 5) is 10.9. The average Bonchev–Trinajstić information content (AvgIpc) is 3.08. The van der Waals surface area contributed by atoms with Crippen LogP contribution in [0.25, 0.3) is 0 Å². The fourth-order valence-corrected chi connectivity index (χ4v) is 2.89. The minimum absolute atomic E-state index is 0.0837. The molecule has 1 aliphatic rings. The lowest BCUT2D eigenvalue weighted by molar-refractivity contribution is -0.0264. The molecule has 114 valence electrons. The molecule has 0 bridgehead atoms. The van der Waals surface area contributed by atoms with E-state index in [1.54, 1.807) is 0 Å². The topological polar surface area (TPSA) is 90.3 Å². The summed E-state index contributed by atoms with van der Waals surface area (Å²) in [5.41, 5.74) is 6.63. The minimum Gasteiger partial charge on any atom is -0.375 e. The van der Waals surface area contributed by atoms with Crippen molar-refractivity contribution in [3.63, 3.8) is 0 Å². The first kappa shape index (κ1) is 14.4. The average molecular weight is 309 g/mol. The molecule has 0 aliphatic carbocycles. The predicted molar refractivity (Wildman–Crippen MR) is 79.0 cm³/mol. The molecule has 1 atom stereocenters. The second-order valence-corrected chi connectivity index (χ2v) is 6.09. The van der Waals surface area contributed by atoms with Gasteiger partial charge in [-0.1, -0.05) is 5.16 Å². The number of nitrogen functional groups attached to an aromatic ring is 1. The Hall–Kier alpha value is -1.51. The van der Waals surface area contributed by atoms with E-state index in [0.29, 0.717) is 23.5 Å². The molecular weight excluding hydrogens is 290 g/mol. The Morgan fingerprint density at radius 2 is 2.33 bits per heavy atom. The van der Waals surface area contributed by atoms with E-state index >= 15 is 0 Å². The lowest BCUT2D eigenvalue weighted by Gasteiger charge is -2.27. The van der Waals surface area contributed by atoms with Gasteiger partial charge in [0.1, 0.15) is 6.10 Å². The van der Waals surface area contributed by atoms with E-state index in [1.165, 1.54) is 11.3 Å². The molecule has 2 aromatic rings. The maximum absolute atomic E-state index is 5.68. The quantitative estimate of drug-likeness (QED) is 0.889. The molecule has 0 amide bonds. The maximum Gasteiger partial charge on any atom is 0.226 e. The Bertz CT molecular complexity index is 585. The van der Waals surface area contributed by atoms with Crippen molar-refractivity contribution in [2.75, 3.05) is 32.5 Å². The molecule has 21 heavy (non-hydrogen) atoms. The molecule has 1 saturated heterocycles. The van der Waals surface area contributed by atoms with E-state index in [4.69, 9.17) is 15.0 Å². The summed E-state index contributed by atoms with van der Waals surface area (Å²) in [7, 11) is 2.07. The molecule has 1 unspecified atom stereocenters. The van der Waals surface area contributed by atoms with Crippen molar-refractivity contribution in [1.29, 1.82) is 0 Å². The van der Waals surface area contributed by atoms with Crippen molar-refractivity contribution in [1.82, 2.24) is 20.0 Å². The lowest BCUT2D eigenvalue weighted by Crippen LogP contribution is -2.35. The number of anilines is 1. The van der Waals surface area contributed by atoms with Crippen molar-refractivity contribution in [2.45, 2.75) is 25.4 Å². The molecular formula is C13H19N5O2S. The van der Waals surface area contributed by atoms with Crippen LogP contribution in [0, 0.1) is 0 Å². The number of aromatic nitrogens is 3. The van der Waals surface area contributed by atoms with Gasteiger partial charge in [-0.2, -0.15) is 4.98 Å². The zero-order valence-corrected chi connectivity index (χ0v) is 12.8. The molecule has 0 aromatic carbocycles. The van der Waals surface area contributed by atoms with E-state index in [-0.39, 0.29) is 6.10 Å². The van der Waals surface area contributed by atoms with Gasteiger partial charge in [-0.05, 0) is 19.9 Å². The predicted octanol–water partition coefficient (Wildman–Crippen LogP) is 1.29. The Balaban J connectivity index is 1.50. The second kappa shape index (κ2) is 6.50. The van der Waals surface area contributed by atoms with E-state index in [1.807, 2.05) is 5.38 Å². The molecule has 2 N–H and O–H groups in total. The Morgan fingerprint density at radius 3 is 3.10 bits per heavy atom. The van der Waals surface area contributed by atoms with Crippen LogP contribution in [0.2, 0.25) is 0 Å². The van der Waals surface area contributed by atoms with Crippen LogP contribution in [0.5, 0.6) is 0 Å². The summed E-state index contributed by atoms with van der Waals surface area (Å²) in [6.45, 7) is 2.45. The molecule has 1 aliphatic heterocycles. The fraction of sp³-hybridized carbons (Fsp3) is 0.615. The highest BCUT2D eigenvalue weighted by molar-refractivity contribution is 7.13. The zero-order valence-electron chi connectivity index (χ0n) is 12.0. The Morgan fingerprint density at radius 1 is 1.43 bits per heavy atom. The molecule has 8 heteroatoms. The number of nitrogens with two attached hydrogens (primary N) is 1. The van der Waals surface area contributed by atoms with Crippen molar-refractivity contribution < 1.29 is 9.26 Å². The summed E-state index contributed by atoms with van der Waals surface area (Å²) in [5, 5.41) is 6.63. The third-order valence-electron chi connectivity index (χ3n) is 3.43. The lowest BCUT2D eigenvalue weighted by atomic mass is 10.2. The first-order valence-electron chi connectivity index (χ1n) is 7.03. The number of hydrogen-bond donors (Lipinski definition) is 1. The first-order chi connectivity index (χ1) is 10.2. The highest BCUT2D eigenvalue weighted by Gasteiger charge is 2.24. The normalized spacial score (nSPS) is 20.0. The smallest absolute Gasteiger partial charge is 0.226 e. The summed E-state index contributed by atoms with van der Waals surface area (Å²) in [6, 6.07) is 0. The minimum atomic E-state index is -0.0837. The summed E-state index contributed by atoms with van der Waals surface area (Å²) in [6.07, 6.45) is 2.44. The standard InChI is InChI=1S/C13H19N5O2S/c1-18-5-6-19-10(7-18)12-16-11(20-17-12)4-2-3-9-8-21-13(14)15-9/h8,10H,2-7H2,1H3,(H2,14,15). The van der Waals surface area contributed by atoms with Gasteiger partial charge in [0.25, 0.3) is 0 Å². The maximum atomic E-state index is 5.68. The fourth-order valence-electron chi connectivity index (χ4n) is 2.29. The van der Waals surface area contributed by atoms with Crippen molar-refractivity contribution in [3.8, 4) is 0 Å². The number of nitrogens with zero attached hydrogens (tertiary/aromatic N) is 4. The van der Waals surface area contributed by atoms with Crippen LogP contribution >= 0.6 is 11.3 Å². The van der Waals surface area contributed by atoms with E-state index in [0.717, 1.165) is 38.0 Å². The molecule has 2 aromatic heterocycles. The first-order valence-corrected chi connectivity index (χ1v) is 7.91. The van der Waals surface area contributed by atoms with Crippen LogP contribution in [0.1, 0.15) is 29.9 Å². The highest BCUT2D eigenvalue weighted by atomic mass is 32.1. The number of hydrogen-bond acceptors (Lipinski definition) is 8. The van der Waals surface area contributed by atoms with Gasteiger partial charge in [0.15, 0.2) is 5.13 Å². The summed E-state index contributed by atoms with van der Waals surface area (Å²) in [5.74, 6) is 1.31. The number of likely N-dealkylation sites (N-methyl/N-ethyl adjacent to an activating group) is 1. The van der Waals surface area contributed by atoms with Gasteiger partial charge in [0.2, 0.25) is 11.7 Å². The third kappa shape index (κ3) is 3.78. The van der Waals surface area contributed by atoms with Gasteiger partial charge in [-0.15, -0.1) is 11.3 Å². The number of thiazole rings is 1. The summed E-state index contributed by atoms with van der Waals surface area (Å²) < 4.78 is 11.0. The van der Waals surface area contributed by atoms with Crippen LogP contribution in [0.4, 0.5) is 5.13 Å². The van der Waals surface area contributed by atoms with Gasteiger partial charge in [0, 0.05) is 24.9 Å². The monoisotopic (exact) mass is 309 g/mol. The van der Waals surface area contributed by atoms with E-state index in [9.17, 15) is 0 Å². The molecule has 0 saturated carbocycles. The number of morpholine rings is 1. The number of rotatable bonds is 5. The second-order valence-electron chi connectivity index (χ2n) is 5.20. The van der Waals surface area contributed by atoms with Gasteiger partial charge in [-0.3, -0.25) is 0 Å². The highest BCUT2D eigenvalue weighted by Crippen LogP contribution is 2.19. The molecule has 3 rings (SSSR count). The third-order valence-corrected chi connectivity index (χ3v) is 4.16. The van der Waals surface area contributed by atoms with Gasteiger partial charge < -0.3 is 19.9 Å². The van der Waals surface area contributed by atoms with Crippen molar-refractivity contribution in [3.05, 3.63) is 22.8 Å². The van der Waals surface area contributed by atoms with Crippen LogP contribution in [0.15, 0.2) is 9.90 Å². The Labute approximate surface area is 127 Å².